The van der Waals surface area contributed by atoms with E-state index in [1.54, 1.807) is 29.0 Å². The molecule has 1 aliphatic rings. The molecule has 0 unspecified atom stereocenters. The predicted molar refractivity (Wildman–Crippen MR) is 166 cm³/mol. The van der Waals surface area contributed by atoms with Crippen LogP contribution in [0.25, 0.3) is 10.1 Å². The number of amides is 1. The number of carbonyl (C=O) groups excluding carboxylic acids is 1. The number of thiophene rings is 1. The molecule has 0 aliphatic carbocycles. The number of carbonyl (C=O) groups is 1. The molecule has 1 saturated heterocycles. The number of fused-ring (bicyclic) bond motifs is 1. The highest BCUT2D eigenvalue weighted by Crippen LogP contribution is 2.37. The summed E-state index contributed by atoms with van der Waals surface area (Å²) in [4.78, 5) is 19.1. The third kappa shape index (κ3) is 7.10. The van der Waals surface area contributed by atoms with Gasteiger partial charge < -0.3 is 26.0 Å². The van der Waals surface area contributed by atoms with Gasteiger partial charge in [0.15, 0.2) is 0 Å². The summed E-state index contributed by atoms with van der Waals surface area (Å²) in [7, 11) is 1.85. The minimum atomic E-state index is 0.0189. The van der Waals surface area contributed by atoms with Gasteiger partial charge in [0.2, 0.25) is 5.91 Å². The van der Waals surface area contributed by atoms with E-state index in [1.807, 2.05) is 36.7 Å². The number of thiazole rings is 1. The fourth-order valence-electron chi connectivity index (χ4n) is 4.57. The van der Waals surface area contributed by atoms with Crippen molar-refractivity contribution in [1.82, 2.24) is 20.5 Å². The van der Waals surface area contributed by atoms with Crippen LogP contribution < -0.4 is 26.0 Å². The average molecular weight is 598 g/mol. The molecule has 0 saturated carbocycles. The Morgan fingerprint density at radius 1 is 1.23 bits per heavy atom. The minimum Gasteiger partial charge on any atom is -0.486 e. The summed E-state index contributed by atoms with van der Waals surface area (Å²) in [5.74, 6) is 0.829. The Hall–Kier alpha value is -3.22. The van der Waals surface area contributed by atoms with Gasteiger partial charge in [0, 0.05) is 67.5 Å². The maximum atomic E-state index is 12.6. The van der Waals surface area contributed by atoms with Crippen LogP contribution in [0, 0.1) is 5.41 Å². The molecule has 1 aliphatic heterocycles. The van der Waals surface area contributed by atoms with Crippen molar-refractivity contribution in [2.75, 3.05) is 56.9 Å². The first-order valence-electron chi connectivity index (χ1n) is 13.1. The highest BCUT2D eigenvalue weighted by atomic mass is 35.5. The lowest BCUT2D eigenvalue weighted by molar-refractivity contribution is -0.120. The monoisotopic (exact) mass is 597 g/mol. The van der Waals surface area contributed by atoms with Gasteiger partial charge in [-0.25, -0.2) is 4.98 Å². The molecular formula is C28H32ClN7O2S2. The molecule has 3 heterocycles. The molecule has 12 heteroatoms. The zero-order valence-electron chi connectivity index (χ0n) is 22.2. The highest BCUT2D eigenvalue weighted by Gasteiger charge is 2.18. The second-order valence-corrected chi connectivity index (χ2v) is 11.6. The average Bonchev–Trinajstić information content (AvgIpc) is 3.60. The van der Waals surface area contributed by atoms with E-state index in [2.05, 4.69) is 31.2 Å². The standard InChI is InChI=1S/C28H32ClN7O2S2/c1-31-28-26(27(30)35-19-3-5-23(22(29)14-19)38-15-20-16-39-17-34-20)21-4-2-18(12-24(21)40-28)13-25(37)33-8-11-36-9-6-32-7-10-36/h2-5,12,14,16-17,31-32H,6-11,13,15H2,1H3,(H2,30,35)(H,33,37). The van der Waals surface area contributed by atoms with Gasteiger partial charge in [0.05, 0.1) is 28.2 Å². The fraction of sp³-hybridized carbons (Fsp3) is 0.321. The topological polar surface area (TPSA) is 114 Å². The van der Waals surface area contributed by atoms with Gasteiger partial charge in [0.1, 0.15) is 23.2 Å². The van der Waals surface area contributed by atoms with Gasteiger partial charge in [0.25, 0.3) is 0 Å². The zero-order chi connectivity index (χ0) is 27.9. The van der Waals surface area contributed by atoms with Crippen LogP contribution in [0.2, 0.25) is 5.02 Å². The summed E-state index contributed by atoms with van der Waals surface area (Å²) in [6, 6.07) is 11.4. The fourth-order valence-corrected chi connectivity index (χ4v) is 6.48. The molecule has 1 fully saturated rings. The molecule has 40 heavy (non-hydrogen) atoms. The van der Waals surface area contributed by atoms with Crippen LogP contribution >= 0.6 is 34.3 Å². The lowest BCUT2D eigenvalue weighted by Gasteiger charge is -2.27. The Labute approximate surface area is 246 Å². The molecule has 0 spiro atoms. The SMILES string of the molecule is CNc1sc2cc(CC(=O)NCCN3CCNCC3)ccc2c1C(=N)Nc1ccc(OCc2cscn2)c(Cl)c1. The number of ether oxygens (including phenoxy) is 1. The maximum absolute atomic E-state index is 12.6. The smallest absolute Gasteiger partial charge is 0.224 e. The van der Waals surface area contributed by atoms with Crippen LogP contribution in [0.4, 0.5) is 10.7 Å². The minimum absolute atomic E-state index is 0.0189. The van der Waals surface area contributed by atoms with E-state index in [9.17, 15) is 4.79 Å². The van der Waals surface area contributed by atoms with E-state index >= 15 is 0 Å². The molecule has 5 rings (SSSR count). The van der Waals surface area contributed by atoms with E-state index in [0.717, 1.165) is 64.6 Å². The number of nitrogens with one attached hydrogen (secondary N) is 5. The lowest BCUT2D eigenvalue weighted by Crippen LogP contribution is -2.46. The second-order valence-electron chi connectivity index (χ2n) is 9.42. The molecular weight excluding hydrogens is 566 g/mol. The number of rotatable bonds is 11. The summed E-state index contributed by atoms with van der Waals surface area (Å²) in [6.45, 7) is 5.91. The molecule has 0 radical (unpaired) electrons. The quantitative estimate of drug-likeness (QED) is 0.126. The summed E-state index contributed by atoms with van der Waals surface area (Å²) in [5.41, 5.74) is 5.02. The van der Waals surface area contributed by atoms with E-state index in [1.165, 1.54) is 11.3 Å². The number of hydrogen-bond donors (Lipinski definition) is 5. The van der Waals surface area contributed by atoms with E-state index in [4.69, 9.17) is 21.7 Å². The van der Waals surface area contributed by atoms with Gasteiger partial charge in [-0.1, -0.05) is 23.7 Å². The van der Waals surface area contributed by atoms with Gasteiger partial charge in [-0.2, -0.15) is 0 Å². The van der Waals surface area contributed by atoms with Crippen molar-refractivity contribution in [2.45, 2.75) is 13.0 Å². The van der Waals surface area contributed by atoms with Gasteiger partial charge in [-0.15, -0.1) is 22.7 Å². The van der Waals surface area contributed by atoms with Crippen molar-refractivity contribution in [3.8, 4) is 5.75 Å². The normalized spacial score (nSPS) is 13.8. The van der Waals surface area contributed by atoms with Crippen LogP contribution in [0.3, 0.4) is 0 Å². The molecule has 0 bridgehead atoms. The third-order valence-corrected chi connectivity index (χ3v) is 8.72. The summed E-state index contributed by atoms with van der Waals surface area (Å²) in [5, 5.41) is 25.8. The number of anilines is 2. The molecule has 9 nitrogen and oxygen atoms in total. The number of hydrogen-bond acceptors (Lipinski definition) is 9. The van der Waals surface area contributed by atoms with E-state index in [-0.39, 0.29) is 11.7 Å². The Bertz CT molecular complexity index is 1470. The van der Waals surface area contributed by atoms with E-state index < -0.39 is 0 Å². The lowest BCUT2D eigenvalue weighted by atomic mass is 10.1. The Morgan fingerprint density at radius 2 is 2.08 bits per heavy atom. The molecule has 1 amide bonds. The van der Waals surface area contributed by atoms with Gasteiger partial charge >= 0.3 is 0 Å². The molecule has 4 aromatic rings. The van der Waals surface area contributed by atoms with Crippen molar-refractivity contribution in [1.29, 1.82) is 5.41 Å². The predicted octanol–water partition coefficient (Wildman–Crippen LogP) is 4.63. The molecule has 2 aromatic heterocycles. The molecule has 5 N–H and O–H groups in total. The Kier molecular flexibility index (Phi) is 9.50. The number of amidine groups is 1. The van der Waals surface area contributed by atoms with Crippen LogP contribution in [0.1, 0.15) is 16.8 Å². The maximum Gasteiger partial charge on any atom is 0.224 e. The first-order valence-corrected chi connectivity index (χ1v) is 15.2. The van der Waals surface area contributed by atoms with Crippen molar-refractivity contribution in [3.63, 3.8) is 0 Å². The third-order valence-electron chi connectivity index (χ3n) is 6.62. The van der Waals surface area contributed by atoms with Crippen LogP contribution in [0.15, 0.2) is 47.3 Å². The van der Waals surface area contributed by atoms with Crippen molar-refractivity contribution in [3.05, 3.63) is 69.1 Å². The van der Waals surface area contributed by atoms with Crippen molar-refractivity contribution in [2.24, 2.45) is 0 Å². The summed E-state index contributed by atoms with van der Waals surface area (Å²) < 4.78 is 6.80. The molecule has 0 atom stereocenters. The van der Waals surface area contributed by atoms with Crippen LogP contribution in [-0.4, -0.2) is 67.9 Å². The zero-order valence-corrected chi connectivity index (χ0v) is 24.6. The second kappa shape index (κ2) is 13.4. The number of aromatic nitrogens is 1. The van der Waals surface area contributed by atoms with Crippen molar-refractivity contribution < 1.29 is 9.53 Å². The number of halogens is 1. The molecule has 210 valence electrons. The Morgan fingerprint density at radius 3 is 2.83 bits per heavy atom. The first kappa shape index (κ1) is 28.3. The van der Waals surface area contributed by atoms with Crippen LogP contribution in [0.5, 0.6) is 5.75 Å². The van der Waals surface area contributed by atoms with Gasteiger partial charge in [-0.05, 0) is 29.8 Å². The number of piperazine rings is 1. The largest absolute Gasteiger partial charge is 0.486 e. The van der Waals surface area contributed by atoms with Crippen LogP contribution in [-0.2, 0) is 17.8 Å². The Balaban J connectivity index is 1.21. The van der Waals surface area contributed by atoms with Crippen molar-refractivity contribution >= 4 is 66.8 Å². The number of nitrogens with zero attached hydrogens (tertiary/aromatic N) is 2. The van der Waals surface area contributed by atoms with Gasteiger partial charge in [-0.3, -0.25) is 15.1 Å². The summed E-state index contributed by atoms with van der Waals surface area (Å²) >= 11 is 9.54. The summed E-state index contributed by atoms with van der Waals surface area (Å²) in [6.07, 6.45) is 0.324. The highest BCUT2D eigenvalue weighted by molar-refractivity contribution is 7.23. The first-order chi connectivity index (χ1) is 19.5. The van der Waals surface area contributed by atoms with E-state index in [0.29, 0.717) is 36.0 Å². The number of benzene rings is 2. The molecule has 2 aromatic carbocycles.